The van der Waals surface area contributed by atoms with Crippen LogP contribution in [-0.4, -0.2) is 15.5 Å². The number of hydrogen-bond acceptors (Lipinski definition) is 5. The fraction of sp³-hybridized carbons (Fsp3) is 0.182. The lowest BCUT2D eigenvalue weighted by Gasteiger charge is -2.15. The lowest BCUT2D eigenvalue weighted by molar-refractivity contribution is 0.283. The van der Waals surface area contributed by atoms with Crippen molar-refractivity contribution in [3.8, 4) is 11.5 Å². The van der Waals surface area contributed by atoms with Crippen molar-refractivity contribution in [1.82, 2.24) is 0 Å². The summed E-state index contributed by atoms with van der Waals surface area (Å²) in [4.78, 5) is 0.0751. The van der Waals surface area contributed by atoms with Crippen molar-refractivity contribution in [2.45, 2.75) is 25.0 Å². The fourth-order valence-electron chi connectivity index (χ4n) is 2.87. The molecule has 30 heavy (non-hydrogen) atoms. The molecular formula is C22H23BrN2O4S. The molecule has 0 aliphatic rings. The smallest absolute Gasteiger partial charge is 0.238 e. The van der Waals surface area contributed by atoms with Gasteiger partial charge in [-0.15, -0.1) is 0 Å². The van der Waals surface area contributed by atoms with Crippen molar-refractivity contribution < 1.29 is 17.9 Å². The molecule has 8 heteroatoms. The molecule has 0 unspecified atom stereocenters. The molecule has 0 fully saturated rings. The molecule has 0 aromatic heterocycles. The minimum Gasteiger partial charge on any atom is -0.493 e. The van der Waals surface area contributed by atoms with Gasteiger partial charge in [-0.25, -0.2) is 13.6 Å². The van der Waals surface area contributed by atoms with Crippen molar-refractivity contribution in [2.24, 2.45) is 5.14 Å². The average molecular weight is 491 g/mol. The maximum absolute atomic E-state index is 11.4. The summed E-state index contributed by atoms with van der Waals surface area (Å²) in [5.74, 6) is 1.28. The Morgan fingerprint density at radius 1 is 1.00 bits per heavy atom. The number of ether oxygens (including phenoxy) is 2. The van der Waals surface area contributed by atoms with Gasteiger partial charge in [-0.2, -0.15) is 0 Å². The first kappa shape index (κ1) is 22.1. The topological polar surface area (TPSA) is 90.6 Å². The standard InChI is InChI=1S/C22H23BrN2O4S/c1-15-5-3-4-6-16(15)14-29-22-12-20(23)17(11-21(22)28-2)13-25-18-7-9-19(10-8-18)30(24,26)27/h3-12,25H,13-14H2,1-2H3,(H2,24,26,27). The minimum absolute atomic E-state index is 0.0751. The van der Waals surface area contributed by atoms with Crippen LogP contribution in [0, 0.1) is 6.92 Å². The maximum Gasteiger partial charge on any atom is 0.238 e. The number of nitrogens with two attached hydrogens (primary N) is 1. The summed E-state index contributed by atoms with van der Waals surface area (Å²) in [6.45, 7) is 3.00. The number of halogens is 1. The predicted octanol–water partition coefficient (Wildman–Crippen LogP) is 4.60. The SMILES string of the molecule is COc1cc(CNc2ccc(S(N)(=O)=O)cc2)c(Br)cc1OCc1ccccc1C. The minimum atomic E-state index is -3.70. The molecule has 6 nitrogen and oxygen atoms in total. The Morgan fingerprint density at radius 3 is 2.33 bits per heavy atom. The van der Waals surface area contributed by atoms with Crippen LogP contribution in [0.5, 0.6) is 11.5 Å². The van der Waals surface area contributed by atoms with Gasteiger partial charge in [0.2, 0.25) is 10.0 Å². The summed E-state index contributed by atoms with van der Waals surface area (Å²) >= 11 is 3.59. The first-order valence-corrected chi connectivity index (χ1v) is 11.5. The first-order chi connectivity index (χ1) is 14.3. The van der Waals surface area contributed by atoms with Gasteiger partial charge < -0.3 is 14.8 Å². The van der Waals surface area contributed by atoms with Crippen molar-refractivity contribution in [2.75, 3.05) is 12.4 Å². The van der Waals surface area contributed by atoms with Gasteiger partial charge in [0.15, 0.2) is 11.5 Å². The second kappa shape index (κ2) is 9.51. The van der Waals surface area contributed by atoms with Crippen molar-refractivity contribution in [3.63, 3.8) is 0 Å². The van der Waals surface area contributed by atoms with Gasteiger partial charge in [0, 0.05) is 16.7 Å². The Bertz CT molecular complexity index is 1130. The number of sulfonamides is 1. The monoisotopic (exact) mass is 490 g/mol. The van der Waals surface area contributed by atoms with Crippen LogP contribution in [0.3, 0.4) is 0 Å². The van der Waals surface area contributed by atoms with Crippen LogP contribution in [0.1, 0.15) is 16.7 Å². The van der Waals surface area contributed by atoms with E-state index in [0.717, 1.165) is 21.3 Å². The van der Waals surface area contributed by atoms with E-state index < -0.39 is 10.0 Å². The van der Waals surface area contributed by atoms with Crippen molar-refractivity contribution >= 4 is 31.6 Å². The number of benzene rings is 3. The molecule has 0 saturated carbocycles. The Hall–Kier alpha value is -2.55. The molecule has 0 atom stereocenters. The van der Waals surface area contributed by atoms with Gasteiger partial charge in [-0.3, -0.25) is 0 Å². The van der Waals surface area contributed by atoms with E-state index in [4.69, 9.17) is 14.6 Å². The molecule has 0 aliphatic carbocycles. The summed E-state index contributed by atoms with van der Waals surface area (Å²) in [7, 11) is -2.10. The first-order valence-electron chi connectivity index (χ1n) is 9.18. The van der Waals surface area contributed by atoms with E-state index in [1.54, 1.807) is 19.2 Å². The van der Waals surface area contributed by atoms with Crippen LogP contribution in [0.15, 0.2) is 70.0 Å². The highest BCUT2D eigenvalue weighted by Gasteiger charge is 2.12. The number of methoxy groups -OCH3 is 1. The van der Waals surface area contributed by atoms with Crippen LogP contribution in [0.2, 0.25) is 0 Å². The average Bonchev–Trinajstić information content (AvgIpc) is 2.72. The van der Waals surface area contributed by atoms with Gasteiger partial charge in [0.1, 0.15) is 6.61 Å². The zero-order chi connectivity index (χ0) is 21.7. The second-order valence-corrected chi connectivity index (χ2v) is 9.15. The molecule has 0 amide bonds. The highest BCUT2D eigenvalue weighted by molar-refractivity contribution is 9.10. The summed E-state index contributed by atoms with van der Waals surface area (Å²) < 4.78 is 35.1. The number of nitrogens with one attached hydrogen (secondary N) is 1. The number of rotatable bonds is 8. The summed E-state index contributed by atoms with van der Waals surface area (Å²) in [5, 5.41) is 8.38. The van der Waals surface area contributed by atoms with Crippen molar-refractivity contribution in [1.29, 1.82) is 0 Å². The lowest BCUT2D eigenvalue weighted by atomic mass is 10.1. The van der Waals surface area contributed by atoms with E-state index in [-0.39, 0.29) is 4.90 Å². The lowest BCUT2D eigenvalue weighted by Crippen LogP contribution is -2.12. The van der Waals surface area contributed by atoms with Gasteiger partial charge in [0.25, 0.3) is 0 Å². The quantitative estimate of drug-likeness (QED) is 0.481. The Morgan fingerprint density at radius 2 is 1.70 bits per heavy atom. The third kappa shape index (κ3) is 5.53. The van der Waals surface area contributed by atoms with Gasteiger partial charge in [-0.05, 0) is 60.0 Å². The van der Waals surface area contributed by atoms with E-state index in [2.05, 4.69) is 34.2 Å². The predicted molar refractivity (Wildman–Crippen MR) is 121 cm³/mol. The van der Waals surface area contributed by atoms with Crippen LogP contribution >= 0.6 is 15.9 Å². The third-order valence-electron chi connectivity index (χ3n) is 4.64. The molecule has 0 saturated heterocycles. The number of primary sulfonamides is 1. The second-order valence-electron chi connectivity index (χ2n) is 6.73. The summed E-state index contributed by atoms with van der Waals surface area (Å²) in [5.41, 5.74) is 4.02. The number of anilines is 1. The maximum atomic E-state index is 11.4. The Kier molecular flexibility index (Phi) is 7.02. The normalized spacial score (nSPS) is 11.2. The van der Waals surface area contributed by atoms with Crippen LogP contribution in [0.4, 0.5) is 5.69 Å². The molecule has 0 bridgehead atoms. The molecular weight excluding hydrogens is 468 g/mol. The zero-order valence-electron chi connectivity index (χ0n) is 16.7. The third-order valence-corrected chi connectivity index (χ3v) is 6.31. The van der Waals surface area contributed by atoms with Crippen LogP contribution in [-0.2, 0) is 23.2 Å². The highest BCUT2D eigenvalue weighted by Crippen LogP contribution is 2.34. The molecule has 0 radical (unpaired) electrons. The molecule has 158 valence electrons. The molecule has 0 aliphatic heterocycles. The molecule has 3 aromatic rings. The fourth-order valence-corrected chi connectivity index (χ4v) is 3.85. The summed E-state index contributed by atoms with van der Waals surface area (Å²) in [6, 6.07) is 18.2. The molecule has 3 rings (SSSR count). The summed E-state index contributed by atoms with van der Waals surface area (Å²) in [6.07, 6.45) is 0. The van der Waals surface area contributed by atoms with Crippen molar-refractivity contribution in [3.05, 3.63) is 81.8 Å². The van der Waals surface area contributed by atoms with E-state index in [1.807, 2.05) is 30.3 Å². The van der Waals surface area contributed by atoms with E-state index in [0.29, 0.717) is 24.7 Å². The van der Waals surface area contributed by atoms with E-state index in [9.17, 15) is 8.42 Å². The van der Waals surface area contributed by atoms with E-state index in [1.165, 1.54) is 17.7 Å². The number of aryl methyl sites for hydroxylation is 1. The molecule has 0 heterocycles. The largest absolute Gasteiger partial charge is 0.493 e. The number of hydrogen-bond donors (Lipinski definition) is 2. The van der Waals surface area contributed by atoms with Gasteiger partial charge >= 0.3 is 0 Å². The zero-order valence-corrected chi connectivity index (χ0v) is 19.1. The molecule has 3 N–H and O–H groups in total. The van der Waals surface area contributed by atoms with E-state index >= 15 is 0 Å². The van der Waals surface area contributed by atoms with Gasteiger partial charge in [-0.1, -0.05) is 40.2 Å². The highest BCUT2D eigenvalue weighted by atomic mass is 79.9. The molecule has 3 aromatic carbocycles. The van der Waals surface area contributed by atoms with Gasteiger partial charge in [0.05, 0.1) is 12.0 Å². The molecule has 0 spiro atoms. The van der Waals surface area contributed by atoms with Crippen LogP contribution in [0.25, 0.3) is 0 Å². The Balaban J connectivity index is 1.71. The Labute approximate surface area is 185 Å². The van der Waals surface area contributed by atoms with Crippen LogP contribution < -0.4 is 19.9 Å².